The number of carbonyl (C=O) groups is 1. The summed E-state index contributed by atoms with van der Waals surface area (Å²) in [5, 5.41) is 0.324. The van der Waals surface area contributed by atoms with E-state index in [-0.39, 0.29) is 18.3 Å². The van der Waals surface area contributed by atoms with Crippen LogP contribution in [0.3, 0.4) is 0 Å². The van der Waals surface area contributed by atoms with Gasteiger partial charge in [-0.15, -0.1) is 0 Å². The van der Waals surface area contributed by atoms with Crippen molar-refractivity contribution in [3.05, 3.63) is 58.4 Å². The first-order valence-electron chi connectivity index (χ1n) is 7.14. The van der Waals surface area contributed by atoms with Gasteiger partial charge in [-0.25, -0.2) is 4.39 Å². The van der Waals surface area contributed by atoms with Gasteiger partial charge in [-0.1, -0.05) is 29.8 Å². The number of amides is 1. The van der Waals surface area contributed by atoms with E-state index >= 15 is 0 Å². The van der Waals surface area contributed by atoms with Gasteiger partial charge in [0.05, 0.1) is 5.02 Å². The Kier molecular flexibility index (Phi) is 4.39. The maximum atomic E-state index is 13.7. The Labute approximate surface area is 138 Å². The van der Waals surface area contributed by atoms with E-state index in [9.17, 15) is 9.18 Å². The topological polar surface area (TPSA) is 38.8 Å². The Hall–Kier alpha value is -2.27. The molecule has 1 heterocycles. The van der Waals surface area contributed by atoms with Gasteiger partial charge in [0.2, 0.25) is 0 Å². The molecule has 1 aliphatic rings. The van der Waals surface area contributed by atoms with Crippen molar-refractivity contribution in [3.63, 3.8) is 0 Å². The Morgan fingerprint density at radius 2 is 2.00 bits per heavy atom. The Morgan fingerprint density at radius 1 is 1.26 bits per heavy atom. The molecule has 1 aliphatic heterocycles. The zero-order valence-corrected chi connectivity index (χ0v) is 13.3. The molecule has 3 rings (SSSR count). The summed E-state index contributed by atoms with van der Waals surface area (Å²) in [6, 6.07) is 9.50. The van der Waals surface area contributed by atoms with Crippen LogP contribution in [-0.2, 0) is 6.54 Å². The highest BCUT2D eigenvalue weighted by molar-refractivity contribution is 6.32. The molecule has 0 bridgehead atoms. The smallest absolute Gasteiger partial charge is 0.254 e. The SMILES string of the molecule is CN(Cc1ccccc1F)C(=O)c1cc(Cl)c2c(c1)OCCO2. The van der Waals surface area contributed by atoms with Crippen molar-refractivity contribution in [1.29, 1.82) is 0 Å². The third-order valence-corrected chi connectivity index (χ3v) is 3.84. The maximum Gasteiger partial charge on any atom is 0.254 e. The van der Waals surface area contributed by atoms with Crippen molar-refractivity contribution >= 4 is 17.5 Å². The van der Waals surface area contributed by atoms with Crippen LogP contribution in [0.2, 0.25) is 5.02 Å². The zero-order valence-electron chi connectivity index (χ0n) is 12.5. The van der Waals surface area contributed by atoms with Crippen LogP contribution >= 0.6 is 11.6 Å². The number of hydrogen-bond acceptors (Lipinski definition) is 3. The van der Waals surface area contributed by atoms with Gasteiger partial charge in [-0.3, -0.25) is 4.79 Å². The summed E-state index contributed by atoms with van der Waals surface area (Å²) in [7, 11) is 1.61. The molecule has 4 nitrogen and oxygen atoms in total. The number of benzene rings is 2. The second-order valence-electron chi connectivity index (χ2n) is 5.23. The highest BCUT2D eigenvalue weighted by atomic mass is 35.5. The van der Waals surface area contributed by atoms with Gasteiger partial charge >= 0.3 is 0 Å². The quantitative estimate of drug-likeness (QED) is 0.861. The maximum absolute atomic E-state index is 13.7. The lowest BCUT2D eigenvalue weighted by Gasteiger charge is -2.22. The number of fused-ring (bicyclic) bond motifs is 1. The summed E-state index contributed by atoms with van der Waals surface area (Å²) in [4.78, 5) is 14.0. The fraction of sp³-hybridized carbons (Fsp3) is 0.235. The van der Waals surface area contributed by atoms with Crippen LogP contribution in [0.5, 0.6) is 11.5 Å². The first-order valence-corrected chi connectivity index (χ1v) is 7.52. The predicted octanol–water partition coefficient (Wildman–Crippen LogP) is 3.52. The third-order valence-electron chi connectivity index (χ3n) is 3.56. The van der Waals surface area contributed by atoms with Crippen molar-refractivity contribution in [3.8, 4) is 11.5 Å². The molecule has 120 valence electrons. The lowest BCUT2D eigenvalue weighted by molar-refractivity contribution is 0.0782. The van der Waals surface area contributed by atoms with E-state index in [1.165, 1.54) is 17.0 Å². The number of hydrogen-bond donors (Lipinski definition) is 0. The van der Waals surface area contributed by atoms with Gasteiger partial charge in [0, 0.05) is 24.7 Å². The number of ether oxygens (including phenoxy) is 2. The number of carbonyl (C=O) groups excluding carboxylic acids is 1. The molecule has 0 spiro atoms. The largest absolute Gasteiger partial charge is 0.486 e. The molecule has 23 heavy (non-hydrogen) atoms. The molecule has 2 aromatic carbocycles. The Morgan fingerprint density at radius 3 is 2.78 bits per heavy atom. The fourth-order valence-corrected chi connectivity index (χ4v) is 2.67. The molecule has 0 atom stereocenters. The lowest BCUT2D eigenvalue weighted by Crippen LogP contribution is -2.27. The number of nitrogens with zero attached hydrogens (tertiary/aromatic N) is 1. The van der Waals surface area contributed by atoms with Gasteiger partial charge < -0.3 is 14.4 Å². The minimum atomic E-state index is -0.340. The summed E-state index contributed by atoms with van der Waals surface area (Å²) in [5.41, 5.74) is 0.824. The van der Waals surface area contributed by atoms with Gasteiger partial charge in [0.15, 0.2) is 11.5 Å². The molecule has 0 aliphatic carbocycles. The summed E-state index contributed by atoms with van der Waals surface area (Å²) in [6.45, 7) is 0.997. The standard InChI is InChI=1S/C17H15ClFNO3/c1-20(10-11-4-2-3-5-14(11)19)17(21)12-8-13(18)16-15(9-12)22-6-7-23-16/h2-5,8-9H,6-7,10H2,1H3. The third kappa shape index (κ3) is 3.24. The summed E-state index contributed by atoms with van der Waals surface area (Å²) >= 11 is 6.15. The highest BCUT2D eigenvalue weighted by Crippen LogP contribution is 2.38. The minimum absolute atomic E-state index is 0.164. The molecule has 0 N–H and O–H groups in total. The van der Waals surface area contributed by atoms with Gasteiger partial charge in [-0.05, 0) is 18.2 Å². The average molecular weight is 336 g/mol. The second-order valence-corrected chi connectivity index (χ2v) is 5.64. The molecule has 0 aromatic heterocycles. The second kappa shape index (κ2) is 6.46. The molecule has 0 radical (unpaired) electrons. The van der Waals surface area contributed by atoms with Crippen molar-refractivity contribution < 1.29 is 18.7 Å². The van der Waals surface area contributed by atoms with Crippen LogP contribution in [0.25, 0.3) is 0 Å². The average Bonchev–Trinajstić information content (AvgIpc) is 2.56. The van der Waals surface area contributed by atoms with E-state index in [2.05, 4.69) is 0 Å². The summed E-state index contributed by atoms with van der Waals surface area (Å²) in [6.07, 6.45) is 0. The predicted molar refractivity (Wildman–Crippen MR) is 84.6 cm³/mol. The number of halogens is 2. The van der Waals surface area contributed by atoms with Crippen molar-refractivity contribution in [2.24, 2.45) is 0 Å². The minimum Gasteiger partial charge on any atom is -0.486 e. The molecule has 0 saturated carbocycles. The molecular weight excluding hydrogens is 321 g/mol. The van der Waals surface area contributed by atoms with Gasteiger partial charge in [0.25, 0.3) is 5.91 Å². The van der Waals surface area contributed by atoms with Gasteiger partial charge in [-0.2, -0.15) is 0 Å². The van der Waals surface area contributed by atoms with Crippen molar-refractivity contribution in [2.75, 3.05) is 20.3 Å². The summed E-state index contributed by atoms with van der Waals surface area (Å²) in [5.74, 6) is 0.289. The Balaban J connectivity index is 1.82. The Bertz CT molecular complexity index is 751. The first-order chi connectivity index (χ1) is 11.1. The van der Waals surface area contributed by atoms with E-state index in [4.69, 9.17) is 21.1 Å². The molecule has 1 amide bonds. The van der Waals surface area contributed by atoms with Crippen molar-refractivity contribution in [2.45, 2.75) is 6.54 Å². The highest BCUT2D eigenvalue weighted by Gasteiger charge is 2.21. The molecular formula is C17H15ClFNO3. The molecule has 0 saturated heterocycles. The van der Waals surface area contributed by atoms with Crippen LogP contribution in [0.4, 0.5) is 4.39 Å². The van der Waals surface area contributed by atoms with Gasteiger partial charge in [0.1, 0.15) is 19.0 Å². The van der Waals surface area contributed by atoms with Crippen LogP contribution in [0.1, 0.15) is 15.9 Å². The van der Waals surface area contributed by atoms with Crippen LogP contribution in [0.15, 0.2) is 36.4 Å². The van der Waals surface area contributed by atoms with E-state index in [0.717, 1.165) is 0 Å². The van der Waals surface area contributed by atoms with Crippen LogP contribution in [0, 0.1) is 5.82 Å². The van der Waals surface area contributed by atoms with Crippen LogP contribution in [-0.4, -0.2) is 31.1 Å². The number of rotatable bonds is 3. The normalized spacial score (nSPS) is 12.8. The van der Waals surface area contributed by atoms with E-state index in [1.54, 1.807) is 31.3 Å². The monoisotopic (exact) mass is 335 g/mol. The lowest BCUT2D eigenvalue weighted by atomic mass is 10.1. The van der Waals surface area contributed by atoms with E-state index in [0.29, 0.717) is 40.9 Å². The first kappa shape index (κ1) is 15.6. The molecule has 2 aromatic rings. The van der Waals surface area contributed by atoms with E-state index in [1.807, 2.05) is 0 Å². The summed E-state index contributed by atoms with van der Waals surface area (Å²) < 4.78 is 24.6. The molecule has 6 heteroatoms. The zero-order chi connectivity index (χ0) is 16.4. The van der Waals surface area contributed by atoms with Crippen LogP contribution < -0.4 is 9.47 Å². The fourth-order valence-electron chi connectivity index (χ4n) is 2.41. The molecule has 0 unspecified atom stereocenters. The molecule has 0 fully saturated rings. The van der Waals surface area contributed by atoms with E-state index < -0.39 is 0 Å². The van der Waals surface area contributed by atoms with Crippen molar-refractivity contribution in [1.82, 2.24) is 4.90 Å².